The molecular formula is C41H48ClN9O3S2. The van der Waals surface area contributed by atoms with Gasteiger partial charge in [0, 0.05) is 62.5 Å². The molecule has 1 aromatic carbocycles. The van der Waals surface area contributed by atoms with Gasteiger partial charge in [0.1, 0.15) is 45.6 Å². The van der Waals surface area contributed by atoms with Gasteiger partial charge in [0.2, 0.25) is 11.8 Å². The maximum absolute atomic E-state index is 12.6. The number of amides is 2. The number of nitrogens with zero attached hydrogens (tertiary/aromatic N) is 8. The highest BCUT2D eigenvalue weighted by Crippen LogP contribution is 2.43. The Kier molecular flexibility index (Phi) is 11.5. The number of ether oxygens (including phenoxy) is 1. The summed E-state index contributed by atoms with van der Waals surface area (Å²) in [5.74, 6) is 2.18. The number of anilines is 2. The molecule has 0 spiro atoms. The third kappa shape index (κ3) is 7.98. The van der Waals surface area contributed by atoms with Gasteiger partial charge < -0.3 is 19.9 Å². The van der Waals surface area contributed by atoms with Crippen molar-refractivity contribution < 1.29 is 14.3 Å². The molecule has 0 unspecified atom stereocenters. The number of carbonyl (C=O) groups excluding carboxylic acids is 2. The van der Waals surface area contributed by atoms with Gasteiger partial charge in [-0.05, 0) is 98.8 Å². The van der Waals surface area contributed by atoms with E-state index in [1.807, 2.05) is 34.4 Å². The molecule has 15 heteroatoms. The van der Waals surface area contributed by atoms with Crippen LogP contribution in [0, 0.1) is 11.8 Å². The Morgan fingerprint density at radius 3 is 2.14 bits per heavy atom. The van der Waals surface area contributed by atoms with Crippen molar-refractivity contribution in [2.75, 3.05) is 59.7 Å². The molecule has 1 saturated heterocycles. The maximum Gasteiger partial charge on any atom is 0.225 e. The van der Waals surface area contributed by atoms with Crippen LogP contribution in [-0.2, 0) is 41.8 Å². The zero-order valence-corrected chi connectivity index (χ0v) is 34.8. The number of aromatic nitrogens is 4. The average Bonchev–Trinajstić information content (AvgIpc) is 3.93. The lowest BCUT2D eigenvalue weighted by molar-refractivity contribution is -0.134. The number of fused-ring (bicyclic) bond motifs is 7. The molecule has 2 aliphatic heterocycles. The number of hydrogen-bond donors (Lipinski definition) is 1. The minimum absolute atomic E-state index is 0.0378. The number of aliphatic imine (C=N–C) groups is 1. The third-order valence-corrected chi connectivity index (χ3v) is 13.9. The van der Waals surface area contributed by atoms with Crippen LogP contribution in [0.2, 0.25) is 5.15 Å². The summed E-state index contributed by atoms with van der Waals surface area (Å²) in [6, 6.07) is 4.25. The molecule has 294 valence electrons. The number of thiophene rings is 2. The van der Waals surface area contributed by atoms with Gasteiger partial charge >= 0.3 is 0 Å². The summed E-state index contributed by atoms with van der Waals surface area (Å²) >= 11 is 9.50. The van der Waals surface area contributed by atoms with Crippen LogP contribution < -0.4 is 10.1 Å². The van der Waals surface area contributed by atoms with Crippen LogP contribution >= 0.6 is 34.3 Å². The van der Waals surface area contributed by atoms with Crippen LogP contribution in [-0.4, -0.2) is 107 Å². The van der Waals surface area contributed by atoms with E-state index in [-0.39, 0.29) is 23.7 Å². The normalized spacial score (nSPS) is 18.8. The number of hydrogen-bond acceptors (Lipinski definition) is 12. The van der Waals surface area contributed by atoms with E-state index in [0.29, 0.717) is 18.3 Å². The Balaban J connectivity index is 0.000000194. The molecule has 2 atom stereocenters. The van der Waals surface area contributed by atoms with Crippen LogP contribution in [0.1, 0.15) is 64.1 Å². The summed E-state index contributed by atoms with van der Waals surface area (Å²) < 4.78 is 6.36. The second-order valence-corrected chi connectivity index (χ2v) is 18.0. The molecular weight excluding hydrogens is 766 g/mol. The summed E-state index contributed by atoms with van der Waals surface area (Å²) in [5, 5.41) is 6.19. The molecule has 2 aliphatic carbocycles. The van der Waals surface area contributed by atoms with Crippen molar-refractivity contribution in [3.8, 4) is 5.75 Å². The van der Waals surface area contributed by atoms with Gasteiger partial charge in [0.25, 0.3) is 0 Å². The summed E-state index contributed by atoms with van der Waals surface area (Å²) in [5.41, 5.74) is 5.74. The number of carbonyl (C=O) groups is 2. The van der Waals surface area contributed by atoms with Gasteiger partial charge in [-0.25, -0.2) is 19.9 Å². The first kappa shape index (κ1) is 38.6. The first-order chi connectivity index (χ1) is 27.1. The second kappa shape index (κ2) is 16.7. The van der Waals surface area contributed by atoms with E-state index in [9.17, 15) is 9.59 Å². The van der Waals surface area contributed by atoms with Gasteiger partial charge in [-0.3, -0.25) is 19.5 Å². The van der Waals surface area contributed by atoms with E-state index in [1.54, 1.807) is 38.8 Å². The molecule has 0 saturated carbocycles. The summed E-state index contributed by atoms with van der Waals surface area (Å²) in [7, 11) is 7.30. The van der Waals surface area contributed by atoms with Gasteiger partial charge in [-0.15, -0.1) is 22.7 Å². The molecule has 2 amide bonds. The van der Waals surface area contributed by atoms with Crippen molar-refractivity contribution in [2.24, 2.45) is 16.8 Å². The van der Waals surface area contributed by atoms with E-state index in [1.165, 1.54) is 52.0 Å². The number of benzene rings is 1. The predicted octanol–water partition coefficient (Wildman–Crippen LogP) is 6.96. The fourth-order valence-corrected chi connectivity index (χ4v) is 11.2. The van der Waals surface area contributed by atoms with Crippen LogP contribution in [0.5, 0.6) is 5.75 Å². The summed E-state index contributed by atoms with van der Waals surface area (Å²) in [6.07, 6.45) is 14.0. The first-order valence-corrected chi connectivity index (χ1v) is 21.5. The maximum atomic E-state index is 12.6. The van der Waals surface area contributed by atoms with Crippen LogP contribution in [0.4, 0.5) is 11.5 Å². The molecule has 5 aromatic rings. The van der Waals surface area contributed by atoms with Gasteiger partial charge in [0.15, 0.2) is 0 Å². The fraction of sp³-hybridized carbons (Fsp3) is 0.488. The van der Waals surface area contributed by atoms with E-state index in [2.05, 4.69) is 47.3 Å². The monoisotopic (exact) mass is 813 g/mol. The van der Waals surface area contributed by atoms with E-state index in [4.69, 9.17) is 16.3 Å². The molecule has 12 nitrogen and oxygen atoms in total. The SMILES string of the molecule is CN(C)C(=O)[C@H]1CCc2c(sc3ncnc(Cl)c23)C1.CN(C)C(=O)[C@H]1CCc2c(sc3ncnc(Nc4cc5c(cc4OCCN4CCCCC4)CN=C5)c23)C1. The average molecular weight is 814 g/mol. The zero-order valence-electron chi connectivity index (χ0n) is 32.4. The van der Waals surface area contributed by atoms with Gasteiger partial charge in [0.05, 0.1) is 23.0 Å². The number of aryl methyl sites for hydroxylation is 2. The van der Waals surface area contributed by atoms with E-state index >= 15 is 0 Å². The Morgan fingerprint density at radius 1 is 0.857 bits per heavy atom. The van der Waals surface area contributed by atoms with E-state index < -0.39 is 0 Å². The Morgan fingerprint density at radius 2 is 1.48 bits per heavy atom. The highest BCUT2D eigenvalue weighted by Gasteiger charge is 2.31. The predicted molar refractivity (Wildman–Crippen MR) is 225 cm³/mol. The Labute approximate surface area is 340 Å². The van der Waals surface area contributed by atoms with Crippen molar-refractivity contribution in [2.45, 2.75) is 64.3 Å². The van der Waals surface area contributed by atoms with Crippen LogP contribution in [0.25, 0.3) is 20.4 Å². The van der Waals surface area contributed by atoms with Crippen LogP contribution in [0.15, 0.2) is 29.8 Å². The number of rotatable bonds is 8. The van der Waals surface area contributed by atoms with E-state index in [0.717, 1.165) is 101 Å². The topological polar surface area (TPSA) is 129 Å². The number of nitrogens with one attached hydrogen (secondary N) is 1. The minimum atomic E-state index is 0.0378. The lowest BCUT2D eigenvalue weighted by Crippen LogP contribution is -2.33. The van der Waals surface area contributed by atoms with Crippen molar-refractivity contribution >= 4 is 84.2 Å². The van der Waals surface area contributed by atoms with Crippen molar-refractivity contribution in [3.63, 3.8) is 0 Å². The summed E-state index contributed by atoms with van der Waals surface area (Å²) in [6.45, 7) is 4.62. The number of likely N-dealkylation sites (tertiary alicyclic amines) is 1. The first-order valence-electron chi connectivity index (χ1n) is 19.5. The van der Waals surface area contributed by atoms with Crippen molar-refractivity contribution in [3.05, 3.63) is 61.9 Å². The minimum Gasteiger partial charge on any atom is -0.490 e. The zero-order chi connectivity index (χ0) is 38.9. The molecule has 6 heterocycles. The number of piperidine rings is 1. The lowest BCUT2D eigenvalue weighted by atomic mass is 9.87. The largest absolute Gasteiger partial charge is 0.490 e. The molecule has 0 bridgehead atoms. The van der Waals surface area contributed by atoms with Crippen molar-refractivity contribution in [1.82, 2.24) is 34.6 Å². The number of halogens is 1. The third-order valence-electron chi connectivity index (χ3n) is 11.3. The molecule has 4 aromatic heterocycles. The Hall–Kier alpha value is -4.24. The molecule has 0 radical (unpaired) electrons. The molecule has 1 N–H and O–H groups in total. The highest BCUT2D eigenvalue weighted by molar-refractivity contribution is 7.19. The summed E-state index contributed by atoms with van der Waals surface area (Å²) in [4.78, 5) is 57.0. The standard InChI is InChI=1S/C28H34N6O2S.C13H14ClN3OS/c1-33(2)28(35)18-6-7-21-24(14-18)37-27-25(21)26(30-17-31-27)32-22-12-19-15-29-16-20(19)13-23(22)36-11-10-34-8-4-3-5-9-34;1-17(2)13(18)7-3-4-8-9(5-7)19-12-10(8)11(14)15-6-16-12/h12-13,15,17-18H,3-11,14,16H2,1-2H3,(H,30,31,32);6-7H,3-5H2,1-2H3/t18-;7-/m00/s1. The van der Waals surface area contributed by atoms with Crippen LogP contribution in [0.3, 0.4) is 0 Å². The molecule has 1 fully saturated rings. The molecule has 9 rings (SSSR count). The molecule has 56 heavy (non-hydrogen) atoms. The lowest BCUT2D eigenvalue weighted by Gasteiger charge is -2.26. The Bertz CT molecular complexity index is 2300. The fourth-order valence-electron chi connectivity index (χ4n) is 8.38. The van der Waals surface area contributed by atoms with Gasteiger partial charge in [-0.1, -0.05) is 18.0 Å². The smallest absolute Gasteiger partial charge is 0.225 e. The van der Waals surface area contributed by atoms with Gasteiger partial charge in [-0.2, -0.15) is 0 Å². The van der Waals surface area contributed by atoms with Crippen molar-refractivity contribution in [1.29, 1.82) is 0 Å². The molecule has 4 aliphatic rings. The second-order valence-electron chi connectivity index (χ2n) is 15.5. The highest BCUT2D eigenvalue weighted by atomic mass is 35.5. The quantitative estimate of drug-likeness (QED) is 0.165.